The van der Waals surface area contributed by atoms with Gasteiger partial charge < -0.3 is 24.8 Å². The van der Waals surface area contributed by atoms with Crippen molar-refractivity contribution in [3.63, 3.8) is 0 Å². The van der Waals surface area contributed by atoms with Crippen LogP contribution in [-0.2, 0) is 22.7 Å². The lowest BCUT2D eigenvalue weighted by atomic mass is 10.1. The largest absolute Gasteiger partial charge is 0.493 e. The normalized spacial score (nSPS) is 12.0. The number of fused-ring (bicyclic) bond motifs is 7. The van der Waals surface area contributed by atoms with Crippen molar-refractivity contribution < 1.29 is 33.4 Å². The highest BCUT2D eigenvalue weighted by Crippen LogP contribution is 2.33. The number of methoxy groups -OCH3 is 1. The molecule has 3 N–H and O–H groups in total. The maximum atomic E-state index is 13.8. The number of nitrogens with zero attached hydrogens (tertiary/aromatic N) is 4. The number of ether oxygens (including phenoxy) is 2. The number of rotatable bonds is 5. The fourth-order valence-electron chi connectivity index (χ4n) is 4.93. The van der Waals surface area contributed by atoms with Gasteiger partial charge in [-0.1, -0.05) is 0 Å². The van der Waals surface area contributed by atoms with Gasteiger partial charge in [0.25, 0.3) is 18.3 Å². The number of hydrogen-bond donors (Lipinski definition) is 3. The van der Waals surface area contributed by atoms with Gasteiger partial charge in [0.05, 0.1) is 19.0 Å². The molecule has 3 aromatic carbocycles. The highest BCUT2D eigenvalue weighted by Gasteiger charge is 2.20. The Balaban J connectivity index is 0.00000128. The second-order valence-corrected chi connectivity index (χ2v) is 9.98. The monoisotopic (exact) mass is 612 g/mol. The van der Waals surface area contributed by atoms with E-state index < -0.39 is 0 Å². The molecule has 230 valence electrons. The fourth-order valence-corrected chi connectivity index (χ4v) is 4.93. The molecule has 2 aromatic heterocycles. The standard InChI is InChI=1S/C31H27FN6O4.CH2O2/c1-37(17-23-16-35-36-29(23)20-3-6-24(32)7-4-20)31(40)22-11-19-12-25(13-22)38-10-9-33-30(38)21-5-8-26(41-2)27(14-21)42-18-28(39)34-15-19;2-1-3/h3-14,16H,15,17-18H2,1-2H3,(H,34,39)(H,35,36);1H,(H,2,3). The lowest BCUT2D eigenvalue weighted by Crippen LogP contribution is -2.29. The van der Waals surface area contributed by atoms with Gasteiger partial charge in [-0.25, -0.2) is 9.37 Å². The fraction of sp³-hybridized carbons (Fsp3) is 0.156. The Morgan fingerprint density at radius 2 is 1.91 bits per heavy atom. The molecule has 0 fully saturated rings. The van der Waals surface area contributed by atoms with Gasteiger partial charge >= 0.3 is 0 Å². The van der Waals surface area contributed by atoms with Crippen LogP contribution in [0.4, 0.5) is 4.39 Å². The summed E-state index contributed by atoms with van der Waals surface area (Å²) in [4.78, 5) is 40.9. The first-order valence-electron chi connectivity index (χ1n) is 13.7. The molecule has 0 saturated heterocycles. The molecule has 0 radical (unpaired) electrons. The molecule has 2 amide bonds. The summed E-state index contributed by atoms with van der Waals surface area (Å²) < 4.78 is 26.5. The van der Waals surface area contributed by atoms with Crippen LogP contribution in [-0.4, -0.2) is 68.8 Å². The van der Waals surface area contributed by atoms with Crippen molar-refractivity contribution in [2.24, 2.45) is 0 Å². The van der Waals surface area contributed by atoms with Crippen LogP contribution in [0, 0.1) is 5.82 Å². The Labute approximate surface area is 257 Å². The van der Waals surface area contributed by atoms with E-state index in [1.165, 1.54) is 19.2 Å². The second-order valence-electron chi connectivity index (χ2n) is 9.98. The average molecular weight is 613 g/mol. The number of carbonyl (C=O) groups excluding carboxylic acids is 2. The van der Waals surface area contributed by atoms with Crippen molar-refractivity contribution in [2.75, 3.05) is 20.8 Å². The van der Waals surface area contributed by atoms with E-state index in [1.807, 2.05) is 22.9 Å². The number of hydrogen-bond acceptors (Lipinski definition) is 7. The van der Waals surface area contributed by atoms with E-state index in [9.17, 15) is 14.0 Å². The topological polar surface area (TPSA) is 152 Å². The van der Waals surface area contributed by atoms with E-state index in [4.69, 9.17) is 19.4 Å². The number of benzene rings is 3. The van der Waals surface area contributed by atoms with Crippen molar-refractivity contribution in [1.82, 2.24) is 30.0 Å². The number of amides is 2. The zero-order valence-electron chi connectivity index (χ0n) is 24.4. The molecule has 45 heavy (non-hydrogen) atoms. The molecular formula is C32H29FN6O6. The van der Waals surface area contributed by atoms with Crippen LogP contribution in [0.15, 0.2) is 79.3 Å². The molecular weight excluding hydrogens is 583 g/mol. The Morgan fingerprint density at radius 3 is 2.67 bits per heavy atom. The number of carboxylic acid groups (broad SMARTS) is 1. The Hall–Kier alpha value is -5.98. The zero-order chi connectivity index (χ0) is 31.9. The first-order valence-corrected chi connectivity index (χ1v) is 13.7. The summed E-state index contributed by atoms with van der Waals surface area (Å²) in [7, 11) is 3.24. The van der Waals surface area contributed by atoms with Gasteiger partial charge in [0.1, 0.15) is 11.6 Å². The number of halogens is 1. The number of H-pyrrole nitrogens is 1. The molecule has 0 saturated carbocycles. The highest BCUT2D eigenvalue weighted by atomic mass is 19.1. The van der Waals surface area contributed by atoms with Gasteiger partial charge in [0.2, 0.25) is 0 Å². The van der Waals surface area contributed by atoms with Crippen LogP contribution >= 0.6 is 0 Å². The van der Waals surface area contributed by atoms with Gasteiger partial charge in [-0.05, 0) is 66.2 Å². The summed E-state index contributed by atoms with van der Waals surface area (Å²) in [5.41, 5.74) is 4.88. The third kappa shape index (κ3) is 6.82. The summed E-state index contributed by atoms with van der Waals surface area (Å²) in [6.07, 6.45) is 5.16. The molecule has 4 bridgehead atoms. The Morgan fingerprint density at radius 1 is 1.16 bits per heavy atom. The first-order chi connectivity index (χ1) is 21.8. The van der Waals surface area contributed by atoms with Gasteiger partial charge in [-0.2, -0.15) is 5.10 Å². The van der Waals surface area contributed by atoms with Crippen molar-refractivity contribution in [3.05, 3.63) is 102 Å². The SMILES string of the molecule is COc1ccc2cc1OCC(=O)NCc1cc(C(=O)N(C)Cc3cn[nH]c3-c3ccc(F)cc3)cc(c1)-n1ccnc1-2.O=CO. The van der Waals surface area contributed by atoms with Gasteiger partial charge in [-0.15, -0.1) is 0 Å². The minimum absolute atomic E-state index is 0.190. The highest BCUT2D eigenvalue weighted by molar-refractivity contribution is 5.95. The molecule has 5 aromatic rings. The van der Waals surface area contributed by atoms with Crippen LogP contribution < -0.4 is 14.8 Å². The molecule has 1 aliphatic heterocycles. The van der Waals surface area contributed by atoms with Crippen LogP contribution in [0.3, 0.4) is 0 Å². The van der Waals surface area contributed by atoms with Crippen molar-refractivity contribution in [3.8, 4) is 39.8 Å². The number of nitrogens with one attached hydrogen (secondary N) is 2. The van der Waals surface area contributed by atoms with Crippen LogP contribution in [0.1, 0.15) is 21.5 Å². The Bertz CT molecular complexity index is 1830. The van der Waals surface area contributed by atoms with Crippen LogP contribution in [0.2, 0.25) is 0 Å². The zero-order valence-corrected chi connectivity index (χ0v) is 24.4. The van der Waals surface area contributed by atoms with E-state index >= 15 is 0 Å². The molecule has 3 heterocycles. The minimum Gasteiger partial charge on any atom is -0.493 e. The predicted octanol–water partition coefficient (Wildman–Crippen LogP) is 4.06. The lowest BCUT2D eigenvalue weighted by molar-refractivity contribution is -0.123. The van der Waals surface area contributed by atoms with Crippen LogP contribution in [0.25, 0.3) is 28.3 Å². The molecule has 13 heteroatoms. The van der Waals surface area contributed by atoms with Crippen molar-refractivity contribution >= 4 is 18.3 Å². The smallest absolute Gasteiger partial charge is 0.290 e. The quantitative estimate of drug-likeness (QED) is 0.252. The van der Waals surface area contributed by atoms with E-state index in [0.717, 1.165) is 22.3 Å². The van der Waals surface area contributed by atoms with Crippen molar-refractivity contribution in [1.29, 1.82) is 0 Å². The maximum absolute atomic E-state index is 13.8. The van der Waals surface area contributed by atoms with E-state index in [1.54, 1.807) is 60.7 Å². The number of aromatic amines is 1. The average Bonchev–Trinajstić information content (AvgIpc) is 3.73. The summed E-state index contributed by atoms with van der Waals surface area (Å²) >= 11 is 0. The molecule has 0 aliphatic carbocycles. The van der Waals surface area contributed by atoms with E-state index in [0.29, 0.717) is 34.3 Å². The summed E-state index contributed by atoms with van der Waals surface area (Å²) in [5, 5.41) is 16.8. The molecule has 6 rings (SSSR count). The molecule has 0 unspecified atom stereocenters. The minimum atomic E-state index is -0.332. The van der Waals surface area contributed by atoms with Gasteiger partial charge in [0, 0.05) is 60.5 Å². The third-order valence-electron chi connectivity index (χ3n) is 7.02. The molecule has 0 spiro atoms. The van der Waals surface area contributed by atoms with E-state index in [2.05, 4.69) is 20.5 Å². The van der Waals surface area contributed by atoms with Crippen molar-refractivity contribution in [2.45, 2.75) is 13.1 Å². The molecule has 12 nitrogen and oxygen atoms in total. The number of aromatic nitrogens is 4. The first kappa shape index (κ1) is 30.5. The number of imidazole rings is 1. The third-order valence-corrected chi connectivity index (χ3v) is 7.02. The summed E-state index contributed by atoms with van der Waals surface area (Å²) in [6.45, 7) is -0.000585. The van der Waals surface area contributed by atoms with Gasteiger partial charge in [0.15, 0.2) is 18.1 Å². The lowest BCUT2D eigenvalue weighted by Gasteiger charge is -2.19. The van der Waals surface area contributed by atoms with E-state index in [-0.39, 0.29) is 43.8 Å². The Kier molecular flexibility index (Phi) is 9.17. The molecule has 0 atom stereocenters. The summed E-state index contributed by atoms with van der Waals surface area (Å²) in [5.74, 6) is 0.673. The summed E-state index contributed by atoms with van der Waals surface area (Å²) in [6, 6.07) is 16.9. The maximum Gasteiger partial charge on any atom is 0.290 e. The van der Waals surface area contributed by atoms with Gasteiger partial charge in [-0.3, -0.25) is 24.0 Å². The number of carbonyl (C=O) groups is 3. The molecule has 1 aliphatic rings. The second kappa shape index (κ2) is 13.5. The predicted molar refractivity (Wildman–Crippen MR) is 161 cm³/mol. The van der Waals surface area contributed by atoms with Crippen LogP contribution in [0.5, 0.6) is 11.5 Å².